The van der Waals surface area contributed by atoms with Crippen LogP contribution in [0, 0.1) is 0 Å². The van der Waals surface area contributed by atoms with Gasteiger partial charge in [0.15, 0.2) is 6.10 Å². The first-order chi connectivity index (χ1) is 7.67. The van der Waals surface area contributed by atoms with Gasteiger partial charge in [-0.05, 0) is 30.7 Å². The number of carbonyl (C=O) groups is 1. The van der Waals surface area contributed by atoms with Crippen molar-refractivity contribution in [3.8, 4) is 5.75 Å². The molecule has 1 amide bonds. The number of hydrogen-bond acceptors (Lipinski definition) is 3. The summed E-state index contributed by atoms with van der Waals surface area (Å²) in [5, 5.41) is 0.627. The number of hydrazine groups is 1. The van der Waals surface area contributed by atoms with Crippen LogP contribution in [0.4, 0.5) is 0 Å². The van der Waals surface area contributed by atoms with Gasteiger partial charge in [0.1, 0.15) is 5.75 Å². The molecule has 0 aromatic heterocycles. The van der Waals surface area contributed by atoms with Gasteiger partial charge in [0.2, 0.25) is 0 Å². The molecular formula is C11H15ClN2O2. The SMILES string of the molecule is CCC[C@H](Oc1ccc(Cl)cc1)C(=O)NN. The molecule has 0 aliphatic rings. The molecule has 0 spiro atoms. The Bertz CT molecular complexity index is 340. The van der Waals surface area contributed by atoms with E-state index in [4.69, 9.17) is 22.2 Å². The summed E-state index contributed by atoms with van der Waals surface area (Å²) >= 11 is 5.74. The normalized spacial score (nSPS) is 11.9. The Balaban J connectivity index is 2.67. The van der Waals surface area contributed by atoms with E-state index in [1.54, 1.807) is 24.3 Å². The predicted octanol–water partition coefficient (Wildman–Crippen LogP) is 1.88. The van der Waals surface area contributed by atoms with Gasteiger partial charge < -0.3 is 4.74 Å². The lowest BCUT2D eigenvalue weighted by atomic mass is 10.2. The molecule has 4 nitrogen and oxygen atoms in total. The standard InChI is InChI=1S/C11H15ClN2O2/c1-2-3-10(11(15)14-13)16-9-6-4-8(12)5-7-9/h4-7,10H,2-3,13H2,1H3,(H,14,15)/t10-/m0/s1. The number of halogens is 1. The minimum absolute atomic E-state index is 0.322. The maximum absolute atomic E-state index is 11.4. The number of rotatable bonds is 5. The van der Waals surface area contributed by atoms with Crippen molar-refractivity contribution >= 4 is 17.5 Å². The first-order valence-electron chi connectivity index (χ1n) is 5.10. The minimum Gasteiger partial charge on any atom is -0.481 e. The fourth-order valence-electron chi connectivity index (χ4n) is 1.28. The molecule has 0 bridgehead atoms. The summed E-state index contributed by atoms with van der Waals surface area (Å²) in [4.78, 5) is 11.4. The summed E-state index contributed by atoms with van der Waals surface area (Å²) in [7, 11) is 0. The van der Waals surface area contributed by atoms with Crippen LogP contribution in [0.15, 0.2) is 24.3 Å². The molecule has 0 fully saturated rings. The highest BCUT2D eigenvalue weighted by atomic mass is 35.5. The number of nitrogens with one attached hydrogen (secondary N) is 1. The van der Waals surface area contributed by atoms with Crippen LogP contribution < -0.4 is 16.0 Å². The van der Waals surface area contributed by atoms with Gasteiger partial charge in [-0.15, -0.1) is 0 Å². The summed E-state index contributed by atoms with van der Waals surface area (Å²) in [6.07, 6.45) is 0.897. The molecule has 0 aliphatic heterocycles. The topological polar surface area (TPSA) is 64.3 Å². The van der Waals surface area contributed by atoms with Gasteiger partial charge in [-0.3, -0.25) is 10.2 Å². The van der Waals surface area contributed by atoms with E-state index in [1.807, 2.05) is 6.92 Å². The lowest BCUT2D eigenvalue weighted by Crippen LogP contribution is -2.42. The lowest BCUT2D eigenvalue weighted by Gasteiger charge is -2.16. The van der Waals surface area contributed by atoms with E-state index in [-0.39, 0.29) is 5.91 Å². The molecular weight excluding hydrogens is 228 g/mol. The smallest absolute Gasteiger partial charge is 0.274 e. The largest absolute Gasteiger partial charge is 0.481 e. The zero-order valence-electron chi connectivity index (χ0n) is 9.07. The first kappa shape index (κ1) is 12.8. The molecule has 0 saturated carbocycles. The van der Waals surface area contributed by atoms with Gasteiger partial charge in [-0.25, -0.2) is 5.84 Å². The second-order valence-electron chi connectivity index (χ2n) is 3.36. The molecule has 0 saturated heterocycles. The first-order valence-corrected chi connectivity index (χ1v) is 5.47. The third kappa shape index (κ3) is 3.72. The van der Waals surface area contributed by atoms with Crippen molar-refractivity contribution in [2.24, 2.45) is 5.84 Å². The highest BCUT2D eigenvalue weighted by molar-refractivity contribution is 6.30. The molecule has 1 aromatic rings. The average Bonchev–Trinajstić information content (AvgIpc) is 2.30. The zero-order chi connectivity index (χ0) is 12.0. The van der Waals surface area contributed by atoms with E-state index in [0.29, 0.717) is 17.2 Å². The van der Waals surface area contributed by atoms with E-state index in [1.165, 1.54) is 0 Å². The Morgan fingerprint density at radius 3 is 2.62 bits per heavy atom. The Morgan fingerprint density at radius 1 is 1.50 bits per heavy atom. The van der Waals surface area contributed by atoms with Crippen molar-refractivity contribution in [3.05, 3.63) is 29.3 Å². The van der Waals surface area contributed by atoms with Gasteiger partial charge in [0.05, 0.1) is 0 Å². The number of nitrogens with two attached hydrogens (primary N) is 1. The quantitative estimate of drug-likeness (QED) is 0.471. The molecule has 0 heterocycles. The van der Waals surface area contributed by atoms with Crippen molar-refractivity contribution in [1.29, 1.82) is 0 Å². The van der Waals surface area contributed by atoms with Crippen LogP contribution >= 0.6 is 11.6 Å². The summed E-state index contributed by atoms with van der Waals surface area (Å²) in [5.74, 6) is 5.36. The van der Waals surface area contributed by atoms with Crippen LogP contribution in [-0.4, -0.2) is 12.0 Å². The summed E-state index contributed by atoms with van der Waals surface area (Å²) in [6.45, 7) is 1.97. The van der Waals surface area contributed by atoms with Crippen molar-refractivity contribution in [1.82, 2.24) is 5.43 Å². The molecule has 0 unspecified atom stereocenters. The van der Waals surface area contributed by atoms with E-state index in [2.05, 4.69) is 5.43 Å². The van der Waals surface area contributed by atoms with E-state index >= 15 is 0 Å². The number of carbonyl (C=O) groups excluding carboxylic acids is 1. The summed E-state index contributed by atoms with van der Waals surface area (Å²) < 4.78 is 5.51. The van der Waals surface area contributed by atoms with Crippen LogP contribution in [-0.2, 0) is 4.79 Å². The third-order valence-electron chi connectivity index (χ3n) is 2.08. The zero-order valence-corrected chi connectivity index (χ0v) is 9.83. The van der Waals surface area contributed by atoms with E-state index < -0.39 is 6.10 Å². The predicted molar refractivity (Wildman–Crippen MR) is 63.1 cm³/mol. The summed E-state index contributed by atoms with van der Waals surface area (Å²) in [5.41, 5.74) is 2.09. The molecule has 16 heavy (non-hydrogen) atoms. The second-order valence-corrected chi connectivity index (χ2v) is 3.79. The third-order valence-corrected chi connectivity index (χ3v) is 2.33. The van der Waals surface area contributed by atoms with Gasteiger partial charge in [0.25, 0.3) is 5.91 Å². The van der Waals surface area contributed by atoms with Crippen molar-refractivity contribution in [3.63, 3.8) is 0 Å². The number of hydrogen-bond donors (Lipinski definition) is 2. The van der Waals surface area contributed by atoms with Crippen molar-refractivity contribution in [2.75, 3.05) is 0 Å². The number of benzene rings is 1. The maximum atomic E-state index is 11.4. The maximum Gasteiger partial charge on any atom is 0.274 e. The van der Waals surface area contributed by atoms with Crippen LogP contribution in [0.25, 0.3) is 0 Å². The van der Waals surface area contributed by atoms with Gasteiger partial charge in [0, 0.05) is 5.02 Å². The molecule has 1 atom stereocenters. The van der Waals surface area contributed by atoms with Crippen LogP contribution in [0.5, 0.6) is 5.75 Å². The Kier molecular flexibility index (Phi) is 5.08. The van der Waals surface area contributed by atoms with Crippen molar-refractivity contribution < 1.29 is 9.53 Å². The highest BCUT2D eigenvalue weighted by Crippen LogP contribution is 2.18. The van der Waals surface area contributed by atoms with Gasteiger partial charge in [-0.2, -0.15) is 0 Å². The van der Waals surface area contributed by atoms with Crippen molar-refractivity contribution in [2.45, 2.75) is 25.9 Å². The molecule has 0 radical (unpaired) electrons. The number of amides is 1. The Morgan fingerprint density at radius 2 is 2.12 bits per heavy atom. The fourth-order valence-corrected chi connectivity index (χ4v) is 1.40. The lowest BCUT2D eigenvalue weighted by molar-refractivity contribution is -0.128. The molecule has 1 aromatic carbocycles. The molecule has 3 N–H and O–H groups in total. The monoisotopic (exact) mass is 242 g/mol. The van der Waals surface area contributed by atoms with E-state index in [0.717, 1.165) is 6.42 Å². The number of ether oxygens (including phenoxy) is 1. The van der Waals surface area contributed by atoms with Crippen LogP contribution in [0.1, 0.15) is 19.8 Å². The summed E-state index contributed by atoms with van der Waals surface area (Å²) in [6, 6.07) is 6.85. The van der Waals surface area contributed by atoms with Gasteiger partial charge in [-0.1, -0.05) is 24.9 Å². The molecule has 88 valence electrons. The van der Waals surface area contributed by atoms with Gasteiger partial charge >= 0.3 is 0 Å². The Hall–Kier alpha value is -1.26. The van der Waals surface area contributed by atoms with Crippen LogP contribution in [0.2, 0.25) is 5.02 Å². The fraction of sp³-hybridized carbons (Fsp3) is 0.364. The second kappa shape index (κ2) is 6.35. The highest BCUT2D eigenvalue weighted by Gasteiger charge is 2.18. The minimum atomic E-state index is -0.559. The molecule has 5 heteroatoms. The van der Waals surface area contributed by atoms with E-state index in [9.17, 15) is 4.79 Å². The average molecular weight is 243 g/mol. The Labute approximate surface area is 99.7 Å². The van der Waals surface area contributed by atoms with Crippen LogP contribution in [0.3, 0.4) is 0 Å². The molecule has 0 aliphatic carbocycles. The molecule has 1 rings (SSSR count).